The first-order valence-electron chi connectivity index (χ1n) is 21.6. The van der Waals surface area contributed by atoms with Gasteiger partial charge in [0.15, 0.2) is 11.6 Å². The number of hydrogen-bond acceptors (Lipinski definition) is 5. The fraction of sp³-hybridized carbons (Fsp3) is 0.0172. The first-order valence-corrected chi connectivity index (χ1v) is 21.6. The van der Waals surface area contributed by atoms with Gasteiger partial charge in [-0.25, -0.2) is 19.9 Å². The van der Waals surface area contributed by atoms with Crippen molar-refractivity contribution < 1.29 is 13.2 Å². The Morgan fingerprint density at radius 2 is 0.806 bits per heavy atom. The molecule has 0 aliphatic heterocycles. The minimum absolute atomic E-state index is 0.0713. The Labute approximate surface area is 383 Å². The van der Waals surface area contributed by atoms with Gasteiger partial charge in [0.2, 0.25) is 0 Å². The Hall–Kier alpha value is -9.00. The number of halogens is 3. The van der Waals surface area contributed by atoms with Crippen LogP contribution in [0, 0.1) is 11.3 Å². The summed E-state index contributed by atoms with van der Waals surface area (Å²) in [6.07, 6.45) is -4.81. The van der Waals surface area contributed by atoms with E-state index in [1.54, 1.807) is 6.07 Å². The van der Waals surface area contributed by atoms with Crippen molar-refractivity contribution in [1.82, 2.24) is 24.5 Å². The lowest BCUT2D eigenvalue weighted by Gasteiger charge is -2.21. The van der Waals surface area contributed by atoms with Crippen LogP contribution in [0.1, 0.15) is 11.1 Å². The number of fused-ring (bicyclic) bond motifs is 3. The van der Waals surface area contributed by atoms with Crippen molar-refractivity contribution in [3.8, 4) is 90.7 Å². The second kappa shape index (κ2) is 16.8. The highest BCUT2D eigenvalue weighted by Gasteiger charge is 2.35. The molecular weight excluding hydrogens is 838 g/mol. The summed E-state index contributed by atoms with van der Waals surface area (Å²) in [5.41, 5.74) is 8.18. The van der Waals surface area contributed by atoms with E-state index in [9.17, 15) is 5.26 Å². The molecule has 0 N–H and O–H groups in total. The monoisotopic (exact) mass is 872 g/mol. The molecule has 0 bridgehead atoms. The van der Waals surface area contributed by atoms with Crippen LogP contribution in [0.4, 0.5) is 13.2 Å². The SMILES string of the molecule is N#Cc1ccccc1-c1ccc2c3ccccc3n(-c3c(-c4nc(-c5ccccc5)cc(-c5ccccc5)n4)cc(C(F)(F)F)cc3-c3nc(-c4ccccc4)cc(-c4ccccc4)n3)c2c1. The van der Waals surface area contributed by atoms with Crippen LogP contribution in [0.2, 0.25) is 0 Å². The molecule has 0 fully saturated rings. The largest absolute Gasteiger partial charge is 0.416 e. The second-order valence-corrected chi connectivity index (χ2v) is 16.0. The highest BCUT2D eigenvalue weighted by atomic mass is 19.4. The fourth-order valence-corrected chi connectivity index (χ4v) is 8.75. The Morgan fingerprint density at radius 1 is 0.388 bits per heavy atom. The lowest BCUT2D eigenvalue weighted by Crippen LogP contribution is -2.11. The maximum atomic E-state index is 15.7. The van der Waals surface area contributed by atoms with E-state index in [0.29, 0.717) is 39.5 Å². The van der Waals surface area contributed by atoms with Gasteiger partial charge in [0, 0.05) is 44.2 Å². The van der Waals surface area contributed by atoms with Crippen LogP contribution in [0.25, 0.3) is 106 Å². The van der Waals surface area contributed by atoms with Gasteiger partial charge in [-0.15, -0.1) is 0 Å². The third-order valence-electron chi connectivity index (χ3n) is 11.9. The molecule has 0 unspecified atom stereocenters. The molecule has 0 saturated heterocycles. The van der Waals surface area contributed by atoms with Crippen molar-refractivity contribution in [2.45, 2.75) is 6.18 Å². The minimum Gasteiger partial charge on any atom is -0.308 e. The highest BCUT2D eigenvalue weighted by Crippen LogP contribution is 2.45. The zero-order valence-electron chi connectivity index (χ0n) is 35.5. The Morgan fingerprint density at radius 3 is 1.27 bits per heavy atom. The van der Waals surface area contributed by atoms with Crippen LogP contribution in [0.5, 0.6) is 0 Å². The third kappa shape index (κ3) is 7.66. The summed E-state index contributed by atoms with van der Waals surface area (Å²) in [6, 6.07) is 67.6. The lowest BCUT2D eigenvalue weighted by molar-refractivity contribution is -0.137. The lowest BCUT2D eigenvalue weighted by atomic mass is 9.97. The Balaban J connectivity index is 1.32. The number of rotatable bonds is 8. The van der Waals surface area contributed by atoms with E-state index >= 15 is 13.2 Å². The van der Waals surface area contributed by atoms with Crippen LogP contribution in [0.15, 0.2) is 212 Å². The number of nitriles is 1. The first kappa shape index (κ1) is 40.8. The van der Waals surface area contributed by atoms with Gasteiger partial charge in [-0.3, -0.25) is 0 Å². The predicted octanol–water partition coefficient (Wildman–Crippen LogP) is 14.9. The molecule has 11 aromatic rings. The summed E-state index contributed by atoms with van der Waals surface area (Å²) in [7, 11) is 0. The van der Waals surface area contributed by atoms with Crippen molar-refractivity contribution in [3.05, 3.63) is 223 Å². The van der Waals surface area contributed by atoms with E-state index in [-0.39, 0.29) is 22.8 Å². The number of para-hydroxylation sites is 1. The smallest absolute Gasteiger partial charge is 0.308 e. The van der Waals surface area contributed by atoms with E-state index < -0.39 is 11.7 Å². The summed E-state index contributed by atoms with van der Waals surface area (Å²) in [5.74, 6) is 0.143. The molecule has 67 heavy (non-hydrogen) atoms. The number of alkyl halides is 3. The number of aromatic nitrogens is 5. The van der Waals surface area contributed by atoms with Gasteiger partial charge in [-0.2, -0.15) is 18.4 Å². The average molecular weight is 873 g/mol. The number of nitrogens with zero attached hydrogens (tertiary/aromatic N) is 6. The second-order valence-electron chi connectivity index (χ2n) is 16.0. The number of benzene rings is 8. The van der Waals surface area contributed by atoms with Gasteiger partial charge in [0.25, 0.3) is 0 Å². The molecule has 8 aromatic carbocycles. The van der Waals surface area contributed by atoms with Gasteiger partial charge in [0.1, 0.15) is 0 Å². The molecule has 0 radical (unpaired) electrons. The van der Waals surface area contributed by atoms with Crippen LogP contribution in [0.3, 0.4) is 0 Å². The van der Waals surface area contributed by atoms with Gasteiger partial charge in [0.05, 0.1) is 56.7 Å². The highest BCUT2D eigenvalue weighted by molar-refractivity contribution is 6.11. The quantitative estimate of drug-likeness (QED) is 0.152. The molecule has 0 amide bonds. The summed E-state index contributed by atoms with van der Waals surface area (Å²) in [6.45, 7) is 0. The van der Waals surface area contributed by atoms with E-state index in [0.717, 1.165) is 61.8 Å². The first-order chi connectivity index (χ1) is 32.8. The van der Waals surface area contributed by atoms with E-state index in [4.69, 9.17) is 19.9 Å². The average Bonchev–Trinajstić information content (AvgIpc) is 3.72. The summed E-state index contributed by atoms with van der Waals surface area (Å²) < 4.78 is 49.2. The molecule has 9 heteroatoms. The van der Waals surface area contributed by atoms with Crippen LogP contribution in [-0.2, 0) is 6.18 Å². The fourth-order valence-electron chi connectivity index (χ4n) is 8.75. The van der Waals surface area contributed by atoms with E-state index in [1.807, 2.05) is 199 Å². The van der Waals surface area contributed by atoms with Crippen molar-refractivity contribution in [3.63, 3.8) is 0 Å². The van der Waals surface area contributed by atoms with Crippen LogP contribution in [-0.4, -0.2) is 24.5 Å². The molecule has 0 atom stereocenters. The Bertz CT molecular complexity index is 3410. The molecule has 0 spiro atoms. The minimum atomic E-state index is -4.81. The zero-order valence-corrected chi connectivity index (χ0v) is 35.5. The molecule has 6 nitrogen and oxygen atoms in total. The number of hydrogen-bond donors (Lipinski definition) is 0. The molecule has 0 saturated carbocycles. The summed E-state index contributed by atoms with van der Waals surface area (Å²) in [5, 5.41) is 11.9. The predicted molar refractivity (Wildman–Crippen MR) is 260 cm³/mol. The molecule has 11 rings (SSSR count). The zero-order chi connectivity index (χ0) is 45.5. The van der Waals surface area contributed by atoms with Crippen molar-refractivity contribution in [1.29, 1.82) is 5.26 Å². The molecular formula is C58H35F3N6. The van der Waals surface area contributed by atoms with Crippen molar-refractivity contribution in [2.24, 2.45) is 0 Å². The van der Waals surface area contributed by atoms with Crippen molar-refractivity contribution in [2.75, 3.05) is 0 Å². The summed E-state index contributed by atoms with van der Waals surface area (Å²) in [4.78, 5) is 20.5. The molecule has 3 heterocycles. The third-order valence-corrected chi connectivity index (χ3v) is 11.9. The molecule has 318 valence electrons. The van der Waals surface area contributed by atoms with Gasteiger partial charge in [-0.05, 0) is 53.6 Å². The standard InChI is InChI=1S/C58H35F3N6/c59-58(60,61)43-32-47(56-63-49(37-17-5-1-6-18-37)34-50(64-56)38-19-7-2-8-20-38)55(48(33-43)57-65-51(39-21-9-3-10-22-39)35-52(66-57)40-23-11-4-12-24-40)67-53-28-16-15-27-45(53)46-30-29-41(31-54(46)67)44-26-14-13-25-42(44)36-62/h1-35H. The summed E-state index contributed by atoms with van der Waals surface area (Å²) >= 11 is 0. The van der Waals surface area contributed by atoms with Crippen LogP contribution >= 0.6 is 0 Å². The van der Waals surface area contributed by atoms with Gasteiger partial charge >= 0.3 is 6.18 Å². The van der Waals surface area contributed by atoms with Gasteiger partial charge in [-0.1, -0.05) is 170 Å². The normalized spacial score (nSPS) is 11.5. The van der Waals surface area contributed by atoms with Crippen LogP contribution < -0.4 is 0 Å². The van der Waals surface area contributed by atoms with E-state index in [1.165, 1.54) is 0 Å². The maximum Gasteiger partial charge on any atom is 0.416 e. The molecule has 0 aliphatic rings. The molecule has 3 aromatic heterocycles. The van der Waals surface area contributed by atoms with E-state index in [2.05, 4.69) is 6.07 Å². The topological polar surface area (TPSA) is 80.3 Å². The molecule has 0 aliphatic carbocycles. The maximum absolute atomic E-state index is 15.7. The van der Waals surface area contributed by atoms with Gasteiger partial charge < -0.3 is 4.57 Å². The Kier molecular flexibility index (Phi) is 10.2. The van der Waals surface area contributed by atoms with Crippen molar-refractivity contribution >= 4 is 21.8 Å².